The first-order valence-corrected chi connectivity index (χ1v) is 13.7. The lowest BCUT2D eigenvalue weighted by atomic mass is 9.84. The van der Waals surface area contributed by atoms with Crippen LogP contribution in [0.3, 0.4) is 0 Å². The monoisotopic (exact) mass is 700 g/mol. The lowest BCUT2D eigenvalue weighted by Gasteiger charge is -2.36. The van der Waals surface area contributed by atoms with Crippen LogP contribution in [-0.2, 0) is 24.7 Å². The summed E-state index contributed by atoms with van der Waals surface area (Å²) >= 11 is 8.40. The molecule has 0 amide bonds. The Morgan fingerprint density at radius 3 is 1.02 bits per heavy atom. The Labute approximate surface area is 264 Å². The summed E-state index contributed by atoms with van der Waals surface area (Å²) in [5, 5.41) is 5.10. The van der Waals surface area contributed by atoms with Gasteiger partial charge in [0.1, 0.15) is 0 Å². The molecule has 2 unspecified atom stereocenters. The number of halogens is 12. The highest BCUT2D eigenvalue weighted by atomic mass is 32.1. The maximum Gasteiger partial charge on any atom is 0.417 e. The fourth-order valence-corrected chi connectivity index (χ4v) is 5.42. The molecule has 0 aliphatic rings. The molecular weight excluding hydrogens is 680 g/mol. The standard InChI is InChI=1S/C30H20F12N2S2/c31-27(32,33)17-9-5-7-15(23(17)29(37,38)39)25(43-19-11-1-3-13-21(19)45)26(44-20-12-2-4-14-22(20)46)16-8-6-10-18(28(34,35)36)24(16)30(40,41)42/h1-14,25-26,43-46H. The summed E-state index contributed by atoms with van der Waals surface area (Å²) in [7, 11) is 0. The van der Waals surface area contributed by atoms with Gasteiger partial charge in [-0.1, -0.05) is 48.5 Å². The Balaban J connectivity index is 2.17. The number of anilines is 2. The van der Waals surface area contributed by atoms with Gasteiger partial charge in [0, 0.05) is 21.2 Å². The van der Waals surface area contributed by atoms with Crippen LogP contribution in [0.4, 0.5) is 64.1 Å². The number of para-hydroxylation sites is 2. The minimum absolute atomic E-state index is 0.0152. The quantitative estimate of drug-likeness (QED) is 0.114. The van der Waals surface area contributed by atoms with Gasteiger partial charge in [0.05, 0.1) is 34.3 Å². The van der Waals surface area contributed by atoms with Gasteiger partial charge in [-0.05, 0) is 47.5 Å². The number of alkyl halides is 12. The van der Waals surface area contributed by atoms with Crippen LogP contribution in [0.25, 0.3) is 0 Å². The first kappa shape index (κ1) is 35.2. The molecule has 0 radical (unpaired) electrons. The Hall–Kier alpha value is -3.66. The smallest absolute Gasteiger partial charge is 0.375 e. The minimum atomic E-state index is -5.73. The third-order valence-electron chi connectivity index (χ3n) is 6.80. The molecular formula is C30H20F12N2S2. The molecule has 0 aliphatic carbocycles. The number of hydrogen-bond acceptors (Lipinski definition) is 4. The third kappa shape index (κ3) is 7.65. The van der Waals surface area contributed by atoms with Crippen LogP contribution in [0.1, 0.15) is 45.5 Å². The molecule has 246 valence electrons. The molecule has 0 aromatic heterocycles. The van der Waals surface area contributed by atoms with Gasteiger partial charge in [-0.3, -0.25) is 0 Å². The van der Waals surface area contributed by atoms with E-state index >= 15 is 0 Å². The van der Waals surface area contributed by atoms with Crippen molar-refractivity contribution in [1.29, 1.82) is 0 Å². The van der Waals surface area contributed by atoms with E-state index in [2.05, 4.69) is 35.9 Å². The third-order valence-corrected chi connectivity index (χ3v) is 7.58. The second-order valence-electron chi connectivity index (χ2n) is 9.81. The zero-order chi connectivity index (χ0) is 34.2. The van der Waals surface area contributed by atoms with Gasteiger partial charge in [-0.25, -0.2) is 0 Å². The molecule has 2 N–H and O–H groups in total. The molecule has 0 spiro atoms. The van der Waals surface area contributed by atoms with Crippen molar-refractivity contribution in [2.24, 2.45) is 0 Å². The van der Waals surface area contributed by atoms with Crippen molar-refractivity contribution in [3.63, 3.8) is 0 Å². The first-order chi connectivity index (χ1) is 21.2. The van der Waals surface area contributed by atoms with Crippen molar-refractivity contribution in [1.82, 2.24) is 0 Å². The van der Waals surface area contributed by atoms with Crippen LogP contribution in [-0.4, -0.2) is 0 Å². The largest absolute Gasteiger partial charge is 0.417 e. The van der Waals surface area contributed by atoms with E-state index in [0.29, 0.717) is 24.3 Å². The maximum absolute atomic E-state index is 14.6. The molecule has 4 aromatic carbocycles. The van der Waals surface area contributed by atoms with E-state index in [4.69, 9.17) is 0 Å². The van der Waals surface area contributed by atoms with Crippen LogP contribution in [0.15, 0.2) is 94.7 Å². The number of thiol groups is 2. The van der Waals surface area contributed by atoms with Gasteiger partial charge in [-0.15, -0.1) is 25.3 Å². The van der Waals surface area contributed by atoms with Gasteiger partial charge in [0.15, 0.2) is 0 Å². The highest BCUT2D eigenvalue weighted by Crippen LogP contribution is 2.50. The van der Waals surface area contributed by atoms with Gasteiger partial charge < -0.3 is 10.6 Å². The zero-order valence-electron chi connectivity index (χ0n) is 22.7. The number of rotatable bonds is 7. The normalized spacial score (nSPS) is 14.1. The molecule has 4 aromatic rings. The van der Waals surface area contributed by atoms with Crippen molar-refractivity contribution in [3.8, 4) is 0 Å². The molecule has 2 atom stereocenters. The van der Waals surface area contributed by atoms with Gasteiger partial charge in [0.2, 0.25) is 0 Å². The summed E-state index contributed by atoms with van der Waals surface area (Å²) in [6.45, 7) is 0. The molecule has 46 heavy (non-hydrogen) atoms. The summed E-state index contributed by atoms with van der Waals surface area (Å²) in [5.41, 5.74) is -11.5. The van der Waals surface area contributed by atoms with Crippen LogP contribution in [0.2, 0.25) is 0 Å². The van der Waals surface area contributed by atoms with Gasteiger partial charge in [-0.2, -0.15) is 52.7 Å². The van der Waals surface area contributed by atoms with Crippen molar-refractivity contribution in [2.45, 2.75) is 46.6 Å². The van der Waals surface area contributed by atoms with Crippen LogP contribution < -0.4 is 10.6 Å². The Kier molecular flexibility index (Phi) is 9.84. The highest BCUT2D eigenvalue weighted by Gasteiger charge is 2.49. The summed E-state index contributed by atoms with van der Waals surface area (Å²) in [4.78, 5) is 0.0305. The second-order valence-corrected chi connectivity index (χ2v) is 10.8. The fourth-order valence-electron chi connectivity index (χ4n) is 4.97. The lowest BCUT2D eigenvalue weighted by molar-refractivity contribution is -0.163. The van der Waals surface area contributed by atoms with Crippen LogP contribution in [0.5, 0.6) is 0 Å². The molecule has 0 aliphatic heterocycles. The molecule has 4 rings (SSSR count). The molecule has 0 bridgehead atoms. The minimum Gasteiger partial charge on any atom is -0.375 e. The average Bonchev–Trinajstić information content (AvgIpc) is 2.94. The molecule has 16 heteroatoms. The van der Waals surface area contributed by atoms with Crippen molar-refractivity contribution in [2.75, 3.05) is 10.6 Å². The SMILES string of the molecule is FC(F)(F)c1cccc(C(Nc2ccccc2S)C(Nc2ccccc2S)c2cccc(C(F)(F)F)c2C(F)(F)F)c1C(F)(F)F. The predicted octanol–water partition coefficient (Wildman–Crippen LogP) is 11.3. The van der Waals surface area contributed by atoms with Gasteiger partial charge in [0.25, 0.3) is 0 Å². The summed E-state index contributed by atoms with van der Waals surface area (Å²) in [6, 6.07) is 8.97. The zero-order valence-corrected chi connectivity index (χ0v) is 24.5. The topological polar surface area (TPSA) is 24.1 Å². The Morgan fingerprint density at radius 2 is 0.739 bits per heavy atom. The van der Waals surface area contributed by atoms with Crippen LogP contribution in [0, 0.1) is 0 Å². The lowest BCUT2D eigenvalue weighted by Crippen LogP contribution is -2.32. The molecule has 0 heterocycles. The van der Waals surface area contributed by atoms with E-state index < -0.39 is 70.2 Å². The van der Waals surface area contributed by atoms with Crippen molar-refractivity contribution >= 4 is 36.6 Å². The second kappa shape index (κ2) is 12.9. The number of nitrogens with one attached hydrogen (secondary N) is 2. The fraction of sp³-hybridized carbons (Fsp3) is 0.200. The molecule has 0 fully saturated rings. The van der Waals surface area contributed by atoms with E-state index in [1.165, 1.54) is 48.5 Å². The maximum atomic E-state index is 14.6. The van der Waals surface area contributed by atoms with E-state index in [-0.39, 0.29) is 33.3 Å². The molecule has 0 saturated carbocycles. The molecule has 0 saturated heterocycles. The Morgan fingerprint density at radius 1 is 0.413 bits per heavy atom. The summed E-state index contributed by atoms with van der Waals surface area (Å²) in [6.07, 6.45) is -22.6. The predicted molar refractivity (Wildman–Crippen MR) is 153 cm³/mol. The van der Waals surface area contributed by atoms with E-state index in [1.807, 2.05) is 0 Å². The average molecular weight is 701 g/mol. The van der Waals surface area contributed by atoms with Crippen LogP contribution >= 0.6 is 25.3 Å². The summed E-state index contributed by atoms with van der Waals surface area (Å²) < 4.78 is 171. The Bertz CT molecular complexity index is 1570. The summed E-state index contributed by atoms with van der Waals surface area (Å²) in [5.74, 6) is 0. The number of hydrogen-bond donors (Lipinski definition) is 4. The number of benzene rings is 4. The van der Waals surface area contributed by atoms with E-state index in [1.54, 1.807) is 0 Å². The van der Waals surface area contributed by atoms with E-state index in [9.17, 15) is 52.7 Å². The van der Waals surface area contributed by atoms with E-state index in [0.717, 1.165) is 0 Å². The van der Waals surface area contributed by atoms with Gasteiger partial charge >= 0.3 is 24.7 Å². The first-order valence-electron chi connectivity index (χ1n) is 12.8. The highest BCUT2D eigenvalue weighted by molar-refractivity contribution is 7.80. The molecule has 2 nitrogen and oxygen atoms in total. The van der Waals surface area contributed by atoms with Crippen molar-refractivity contribution < 1.29 is 52.7 Å². The van der Waals surface area contributed by atoms with Crippen molar-refractivity contribution in [3.05, 3.63) is 118 Å².